The van der Waals surface area contributed by atoms with Crippen LogP contribution in [0.15, 0.2) is 18.2 Å². The highest BCUT2D eigenvalue weighted by molar-refractivity contribution is 5.38. The third kappa shape index (κ3) is 1.69. The molecule has 0 saturated heterocycles. The highest BCUT2D eigenvalue weighted by Gasteiger charge is 2.21. The molecule has 1 N–H and O–H groups in total. The van der Waals surface area contributed by atoms with Gasteiger partial charge in [0.15, 0.2) is 0 Å². The highest BCUT2D eigenvalue weighted by Crippen LogP contribution is 2.31. The molecule has 0 saturated carbocycles. The molecule has 14 heavy (non-hydrogen) atoms. The summed E-state index contributed by atoms with van der Waals surface area (Å²) >= 11 is 0. The molecular formula is C13H19N. The normalized spacial score (nSPS) is 19.7. The average Bonchev–Trinajstić information content (AvgIpc) is 2.61. The fraction of sp³-hybridized carbons (Fsp3) is 0.538. The molecule has 0 aromatic heterocycles. The lowest BCUT2D eigenvalue weighted by atomic mass is 10.0. The third-order valence-electron chi connectivity index (χ3n) is 3.15. The zero-order valence-electron chi connectivity index (χ0n) is 9.14. The summed E-state index contributed by atoms with van der Waals surface area (Å²) in [7, 11) is 0. The van der Waals surface area contributed by atoms with Crippen molar-refractivity contribution < 1.29 is 0 Å². The van der Waals surface area contributed by atoms with Crippen molar-refractivity contribution in [2.24, 2.45) is 0 Å². The van der Waals surface area contributed by atoms with Gasteiger partial charge in [0, 0.05) is 6.04 Å². The minimum atomic E-state index is 0.612. The van der Waals surface area contributed by atoms with E-state index in [0.29, 0.717) is 6.04 Å². The summed E-state index contributed by atoms with van der Waals surface area (Å²) in [5.74, 6) is 0. The Morgan fingerprint density at radius 2 is 2.21 bits per heavy atom. The largest absolute Gasteiger partial charge is 0.310 e. The van der Waals surface area contributed by atoms with Gasteiger partial charge in [-0.05, 0) is 42.5 Å². The summed E-state index contributed by atoms with van der Waals surface area (Å²) in [5.41, 5.74) is 4.56. The second-order valence-electron chi connectivity index (χ2n) is 4.04. The number of fused-ring (bicyclic) bond motifs is 1. The molecule has 2 rings (SSSR count). The second-order valence-corrected chi connectivity index (χ2v) is 4.04. The second kappa shape index (κ2) is 4.14. The van der Waals surface area contributed by atoms with Gasteiger partial charge >= 0.3 is 0 Å². The monoisotopic (exact) mass is 189 g/mol. The molecule has 76 valence electrons. The Bertz CT molecular complexity index is 315. The van der Waals surface area contributed by atoms with Crippen LogP contribution in [-0.4, -0.2) is 6.54 Å². The first-order valence-corrected chi connectivity index (χ1v) is 5.70. The van der Waals surface area contributed by atoms with Crippen LogP contribution in [0.4, 0.5) is 0 Å². The van der Waals surface area contributed by atoms with Crippen molar-refractivity contribution in [3.8, 4) is 0 Å². The van der Waals surface area contributed by atoms with Crippen molar-refractivity contribution in [3.63, 3.8) is 0 Å². The van der Waals surface area contributed by atoms with E-state index in [2.05, 4.69) is 37.4 Å². The molecule has 1 unspecified atom stereocenters. The Morgan fingerprint density at radius 1 is 1.36 bits per heavy atom. The standard InChI is InChI=1S/C13H19N/c1-3-10-5-6-11-7-8-13(14-4-2)12(11)9-10/h5-6,9,13-14H,3-4,7-8H2,1-2H3. The zero-order valence-corrected chi connectivity index (χ0v) is 9.14. The van der Waals surface area contributed by atoms with Crippen LogP contribution in [0.1, 0.15) is 43.0 Å². The smallest absolute Gasteiger partial charge is 0.0326 e. The van der Waals surface area contributed by atoms with Gasteiger partial charge in [0.1, 0.15) is 0 Å². The highest BCUT2D eigenvalue weighted by atomic mass is 14.9. The van der Waals surface area contributed by atoms with Gasteiger partial charge < -0.3 is 5.32 Å². The van der Waals surface area contributed by atoms with E-state index in [-0.39, 0.29) is 0 Å². The molecule has 1 aliphatic carbocycles. The minimum Gasteiger partial charge on any atom is -0.310 e. The molecule has 0 spiro atoms. The van der Waals surface area contributed by atoms with Gasteiger partial charge in [-0.1, -0.05) is 32.0 Å². The van der Waals surface area contributed by atoms with E-state index in [0.717, 1.165) is 13.0 Å². The van der Waals surface area contributed by atoms with Crippen molar-refractivity contribution in [2.75, 3.05) is 6.54 Å². The summed E-state index contributed by atoms with van der Waals surface area (Å²) < 4.78 is 0. The lowest BCUT2D eigenvalue weighted by Gasteiger charge is -2.12. The van der Waals surface area contributed by atoms with Crippen LogP contribution in [0.2, 0.25) is 0 Å². The van der Waals surface area contributed by atoms with Gasteiger partial charge in [-0.3, -0.25) is 0 Å². The average molecular weight is 189 g/mol. The number of rotatable bonds is 3. The maximum Gasteiger partial charge on any atom is 0.0326 e. The fourth-order valence-corrected chi connectivity index (χ4v) is 2.33. The predicted octanol–water partition coefficient (Wildman–Crippen LogP) is 2.85. The maximum absolute atomic E-state index is 3.55. The number of hydrogen-bond donors (Lipinski definition) is 1. The Morgan fingerprint density at radius 3 is 2.93 bits per heavy atom. The molecule has 1 aromatic carbocycles. The van der Waals surface area contributed by atoms with Gasteiger partial charge in [0.05, 0.1) is 0 Å². The van der Waals surface area contributed by atoms with E-state index >= 15 is 0 Å². The van der Waals surface area contributed by atoms with Gasteiger partial charge in [-0.25, -0.2) is 0 Å². The molecule has 1 aromatic rings. The van der Waals surface area contributed by atoms with Crippen molar-refractivity contribution in [1.29, 1.82) is 0 Å². The summed E-state index contributed by atoms with van der Waals surface area (Å²) in [5, 5.41) is 3.55. The van der Waals surface area contributed by atoms with Crippen molar-refractivity contribution in [1.82, 2.24) is 5.32 Å². The number of aryl methyl sites for hydroxylation is 2. The number of benzene rings is 1. The first kappa shape index (κ1) is 9.72. The van der Waals surface area contributed by atoms with Crippen LogP contribution in [0.5, 0.6) is 0 Å². The van der Waals surface area contributed by atoms with Crippen molar-refractivity contribution in [3.05, 3.63) is 34.9 Å². The summed E-state index contributed by atoms with van der Waals surface area (Å²) in [6.45, 7) is 5.47. The lowest BCUT2D eigenvalue weighted by molar-refractivity contribution is 0.549. The van der Waals surface area contributed by atoms with Crippen LogP contribution < -0.4 is 5.32 Å². The van der Waals surface area contributed by atoms with E-state index in [1.54, 1.807) is 11.1 Å². The van der Waals surface area contributed by atoms with E-state index < -0.39 is 0 Å². The van der Waals surface area contributed by atoms with Gasteiger partial charge in [-0.15, -0.1) is 0 Å². The summed E-state index contributed by atoms with van der Waals surface area (Å²) in [6.07, 6.45) is 3.67. The van der Waals surface area contributed by atoms with Gasteiger partial charge in [0.2, 0.25) is 0 Å². The van der Waals surface area contributed by atoms with E-state index in [1.165, 1.54) is 18.4 Å². The summed E-state index contributed by atoms with van der Waals surface area (Å²) in [6, 6.07) is 7.58. The molecule has 0 fully saturated rings. The van der Waals surface area contributed by atoms with Crippen LogP contribution in [-0.2, 0) is 12.8 Å². The van der Waals surface area contributed by atoms with E-state index in [9.17, 15) is 0 Å². The molecule has 0 heterocycles. The molecular weight excluding hydrogens is 170 g/mol. The molecule has 1 atom stereocenters. The number of nitrogens with one attached hydrogen (secondary N) is 1. The third-order valence-corrected chi connectivity index (χ3v) is 3.15. The Balaban J connectivity index is 2.27. The zero-order chi connectivity index (χ0) is 9.97. The van der Waals surface area contributed by atoms with Crippen molar-refractivity contribution >= 4 is 0 Å². The molecule has 0 radical (unpaired) electrons. The lowest BCUT2D eigenvalue weighted by Crippen LogP contribution is -2.18. The Labute approximate surface area is 86.5 Å². The fourth-order valence-electron chi connectivity index (χ4n) is 2.33. The Kier molecular flexibility index (Phi) is 2.87. The SMILES string of the molecule is CCNC1CCc2ccc(CC)cc21. The summed E-state index contributed by atoms with van der Waals surface area (Å²) in [4.78, 5) is 0. The minimum absolute atomic E-state index is 0.612. The first-order chi connectivity index (χ1) is 6.85. The molecule has 0 aliphatic heterocycles. The quantitative estimate of drug-likeness (QED) is 0.771. The predicted molar refractivity (Wildman–Crippen MR) is 60.6 cm³/mol. The van der Waals surface area contributed by atoms with Crippen LogP contribution in [0, 0.1) is 0 Å². The van der Waals surface area contributed by atoms with E-state index in [4.69, 9.17) is 0 Å². The van der Waals surface area contributed by atoms with Crippen molar-refractivity contribution in [2.45, 2.75) is 39.2 Å². The molecule has 1 heteroatoms. The van der Waals surface area contributed by atoms with Crippen LogP contribution >= 0.6 is 0 Å². The van der Waals surface area contributed by atoms with Gasteiger partial charge in [-0.2, -0.15) is 0 Å². The maximum atomic E-state index is 3.55. The van der Waals surface area contributed by atoms with Gasteiger partial charge in [0.25, 0.3) is 0 Å². The molecule has 1 nitrogen and oxygen atoms in total. The Hall–Kier alpha value is -0.820. The van der Waals surface area contributed by atoms with E-state index in [1.807, 2.05) is 0 Å². The number of hydrogen-bond acceptors (Lipinski definition) is 1. The molecule has 1 aliphatic rings. The molecule has 0 bridgehead atoms. The van der Waals surface area contributed by atoms with Crippen LogP contribution in [0.3, 0.4) is 0 Å². The first-order valence-electron chi connectivity index (χ1n) is 5.70. The molecule has 0 amide bonds. The van der Waals surface area contributed by atoms with Crippen LogP contribution in [0.25, 0.3) is 0 Å². The topological polar surface area (TPSA) is 12.0 Å².